The highest BCUT2D eigenvalue weighted by Crippen LogP contribution is 2.35. The number of benzene rings is 2. The van der Waals surface area contributed by atoms with E-state index in [9.17, 15) is 4.79 Å². The van der Waals surface area contributed by atoms with Gasteiger partial charge in [-0.3, -0.25) is 4.79 Å². The molecule has 2 aromatic heterocycles. The van der Waals surface area contributed by atoms with Crippen LogP contribution in [0.15, 0.2) is 60.9 Å². The summed E-state index contributed by atoms with van der Waals surface area (Å²) in [6, 6.07) is 17.4. The molecule has 2 aromatic carbocycles. The van der Waals surface area contributed by atoms with Gasteiger partial charge in [0.2, 0.25) is 5.91 Å². The first-order valence-electron chi connectivity index (χ1n) is 9.69. The third-order valence-corrected chi connectivity index (χ3v) is 6.17. The van der Waals surface area contributed by atoms with E-state index < -0.39 is 0 Å². The second-order valence-electron chi connectivity index (χ2n) is 6.96. The first kappa shape index (κ1) is 21.1. The highest BCUT2D eigenvalue weighted by molar-refractivity contribution is 7.21. The second kappa shape index (κ2) is 9.32. The van der Waals surface area contributed by atoms with Crippen LogP contribution in [-0.2, 0) is 4.79 Å². The molecule has 1 amide bonds. The monoisotopic (exact) mass is 452 g/mol. The van der Waals surface area contributed by atoms with E-state index in [4.69, 9.17) is 16.3 Å². The van der Waals surface area contributed by atoms with Crippen molar-refractivity contribution in [2.24, 2.45) is 0 Å². The van der Waals surface area contributed by atoms with E-state index >= 15 is 0 Å². The van der Waals surface area contributed by atoms with Crippen molar-refractivity contribution in [1.29, 1.82) is 0 Å². The Labute approximate surface area is 189 Å². The van der Waals surface area contributed by atoms with E-state index in [2.05, 4.69) is 33.5 Å². The maximum Gasteiger partial charge on any atom is 0.226 e. The van der Waals surface area contributed by atoms with Crippen LogP contribution >= 0.6 is 22.9 Å². The van der Waals surface area contributed by atoms with Gasteiger partial charge < -0.3 is 15.0 Å². The molecule has 4 aromatic rings. The van der Waals surface area contributed by atoms with Gasteiger partial charge in [0.05, 0.1) is 18.2 Å². The van der Waals surface area contributed by atoms with Gasteiger partial charge in [0.1, 0.15) is 22.7 Å². The molecule has 0 aliphatic rings. The highest BCUT2D eigenvalue weighted by atomic mass is 35.5. The van der Waals surface area contributed by atoms with Crippen molar-refractivity contribution in [3.05, 3.63) is 65.9 Å². The number of halogens is 1. The van der Waals surface area contributed by atoms with Gasteiger partial charge in [-0.05, 0) is 29.8 Å². The molecular formula is C23H21ClN4O2S. The minimum atomic E-state index is -0.131. The summed E-state index contributed by atoms with van der Waals surface area (Å²) in [5.41, 5.74) is 1.70. The number of amides is 1. The van der Waals surface area contributed by atoms with E-state index in [1.54, 1.807) is 43.0 Å². The molecule has 4 rings (SSSR count). The Kier molecular flexibility index (Phi) is 6.34. The molecule has 0 atom stereocenters. The lowest BCUT2D eigenvalue weighted by Crippen LogP contribution is -2.25. The van der Waals surface area contributed by atoms with Crippen molar-refractivity contribution in [2.45, 2.75) is 6.42 Å². The smallest absolute Gasteiger partial charge is 0.226 e. The number of nitrogens with zero attached hydrogens (tertiary/aromatic N) is 3. The van der Waals surface area contributed by atoms with Gasteiger partial charge in [0.15, 0.2) is 0 Å². The number of aromatic nitrogens is 2. The maximum atomic E-state index is 12.5. The van der Waals surface area contributed by atoms with Crippen LogP contribution in [0, 0.1) is 0 Å². The minimum Gasteiger partial charge on any atom is -0.495 e. The number of hydrogen-bond acceptors (Lipinski definition) is 6. The molecule has 0 spiro atoms. The summed E-state index contributed by atoms with van der Waals surface area (Å²) < 4.78 is 5.28. The van der Waals surface area contributed by atoms with Crippen LogP contribution in [0.1, 0.15) is 6.42 Å². The summed E-state index contributed by atoms with van der Waals surface area (Å²) in [7, 11) is 3.48. The van der Waals surface area contributed by atoms with Gasteiger partial charge in [-0.25, -0.2) is 9.97 Å². The fraction of sp³-hybridized carbons (Fsp3) is 0.174. The predicted molar refractivity (Wildman–Crippen MR) is 127 cm³/mol. The highest BCUT2D eigenvalue weighted by Gasteiger charge is 2.15. The Bertz CT molecular complexity index is 1210. The zero-order valence-corrected chi connectivity index (χ0v) is 18.7. The molecular weight excluding hydrogens is 432 g/mol. The Morgan fingerprint density at radius 2 is 1.97 bits per heavy atom. The SMILES string of the molecule is COc1ccc(Cl)cc1NC(=O)CCN(C)c1ncnc2sc(-c3ccccc3)cc12. The lowest BCUT2D eigenvalue weighted by molar-refractivity contribution is -0.116. The topological polar surface area (TPSA) is 67.3 Å². The van der Waals surface area contributed by atoms with Crippen molar-refractivity contribution < 1.29 is 9.53 Å². The van der Waals surface area contributed by atoms with Crippen LogP contribution in [0.5, 0.6) is 5.75 Å². The van der Waals surface area contributed by atoms with Crippen LogP contribution in [0.2, 0.25) is 5.02 Å². The average Bonchev–Trinajstić information content (AvgIpc) is 3.23. The normalized spacial score (nSPS) is 10.8. The summed E-state index contributed by atoms with van der Waals surface area (Å²) in [6.45, 7) is 0.497. The summed E-state index contributed by atoms with van der Waals surface area (Å²) in [5, 5.41) is 4.37. The molecule has 0 saturated carbocycles. The van der Waals surface area contributed by atoms with Crippen LogP contribution in [0.3, 0.4) is 0 Å². The van der Waals surface area contributed by atoms with E-state index in [1.807, 2.05) is 30.1 Å². The number of hydrogen-bond donors (Lipinski definition) is 1. The Hall–Kier alpha value is -3.16. The largest absolute Gasteiger partial charge is 0.495 e. The van der Waals surface area contributed by atoms with E-state index in [0.717, 1.165) is 26.5 Å². The van der Waals surface area contributed by atoms with E-state index in [-0.39, 0.29) is 12.3 Å². The zero-order chi connectivity index (χ0) is 21.8. The number of nitrogens with one attached hydrogen (secondary N) is 1. The van der Waals surface area contributed by atoms with E-state index in [0.29, 0.717) is 23.0 Å². The number of fused-ring (bicyclic) bond motifs is 1. The molecule has 0 fully saturated rings. The number of rotatable bonds is 7. The van der Waals surface area contributed by atoms with Gasteiger partial charge in [-0.15, -0.1) is 11.3 Å². The number of anilines is 2. The molecule has 0 aliphatic heterocycles. The number of methoxy groups -OCH3 is 1. The van der Waals surface area contributed by atoms with Crippen molar-refractivity contribution >= 4 is 50.6 Å². The molecule has 8 heteroatoms. The van der Waals surface area contributed by atoms with Crippen molar-refractivity contribution in [1.82, 2.24) is 9.97 Å². The van der Waals surface area contributed by atoms with Crippen molar-refractivity contribution in [2.75, 3.05) is 30.9 Å². The van der Waals surface area contributed by atoms with Gasteiger partial charge in [0.25, 0.3) is 0 Å². The van der Waals surface area contributed by atoms with Crippen LogP contribution < -0.4 is 15.0 Å². The van der Waals surface area contributed by atoms with Gasteiger partial charge >= 0.3 is 0 Å². The zero-order valence-electron chi connectivity index (χ0n) is 17.1. The molecule has 31 heavy (non-hydrogen) atoms. The Balaban J connectivity index is 1.47. The molecule has 0 radical (unpaired) electrons. The summed E-state index contributed by atoms with van der Waals surface area (Å²) in [5.74, 6) is 1.24. The van der Waals surface area contributed by atoms with E-state index in [1.165, 1.54) is 0 Å². The molecule has 0 saturated heterocycles. The quantitative estimate of drug-likeness (QED) is 0.402. The molecule has 2 heterocycles. The fourth-order valence-corrected chi connectivity index (χ4v) is 4.43. The molecule has 0 bridgehead atoms. The van der Waals surface area contributed by atoms with Crippen molar-refractivity contribution in [3.63, 3.8) is 0 Å². The van der Waals surface area contributed by atoms with Gasteiger partial charge in [-0.2, -0.15) is 0 Å². The molecule has 0 unspecified atom stereocenters. The number of ether oxygens (including phenoxy) is 1. The lowest BCUT2D eigenvalue weighted by atomic mass is 10.2. The van der Waals surface area contributed by atoms with Crippen LogP contribution in [0.25, 0.3) is 20.7 Å². The molecule has 6 nitrogen and oxygen atoms in total. The standard InChI is InChI=1S/C23H21ClN4O2S/c1-28(11-10-21(29)27-18-12-16(24)8-9-19(18)30-2)22-17-13-20(15-6-4-3-5-7-15)31-23(17)26-14-25-22/h3-9,12-14H,10-11H2,1-2H3,(H,27,29). The maximum absolute atomic E-state index is 12.5. The molecule has 0 aliphatic carbocycles. The summed E-state index contributed by atoms with van der Waals surface area (Å²) in [6.07, 6.45) is 1.85. The average molecular weight is 453 g/mol. The van der Waals surface area contributed by atoms with Crippen LogP contribution in [-0.4, -0.2) is 36.6 Å². The van der Waals surface area contributed by atoms with Crippen molar-refractivity contribution in [3.8, 4) is 16.2 Å². The Morgan fingerprint density at radius 3 is 2.74 bits per heavy atom. The lowest BCUT2D eigenvalue weighted by Gasteiger charge is -2.18. The molecule has 158 valence electrons. The third-order valence-electron chi connectivity index (χ3n) is 4.84. The number of thiophene rings is 1. The molecule has 1 N–H and O–H groups in total. The summed E-state index contributed by atoms with van der Waals surface area (Å²) in [4.78, 5) is 25.4. The minimum absolute atomic E-state index is 0.131. The predicted octanol–water partition coefficient (Wildman–Crippen LogP) is 5.49. The second-order valence-corrected chi connectivity index (χ2v) is 8.42. The van der Waals surface area contributed by atoms with Gasteiger partial charge in [0, 0.05) is 29.9 Å². The van der Waals surface area contributed by atoms with Crippen LogP contribution in [0.4, 0.5) is 11.5 Å². The Morgan fingerprint density at radius 1 is 1.16 bits per heavy atom. The first-order chi connectivity index (χ1) is 15.0. The fourth-order valence-electron chi connectivity index (χ4n) is 3.26. The van der Waals surface area contributed by atoms with Gasteiger partial charge in [-0.1, -0.05) is 41.9 Å². The third kappa shape index (κ3) is 4.78. The number of carbonyl (C=O) groups is 1. The summed E-state index contributed by atoms with van der Waals surface area (Å²) >= 11 is 7.67. The number of carbonyl (C=O) groups excluding carboxylic acids is 1. The first-order valence-corrected chi connectivity index (χ1v) is 10.9.